The van der Waals surface area contributed by atoms with Crippen LogP contribution in [0.25, 0.3) is 17.0 Å². The Labute approximate surface area is 128 Å². The minimum atomic E-state index is -0.248. The summed E-state index contributed by atoms with van der Waals surface area (Å²) in [6.07, 6.45) is 4.39. The molecule has 2 atom stereocenters. The van der Waals surface area contributed by atoms with E-state index in [0.29, 0.717) is 0 Å². The Morgan fingerprint density at radius 1 is 1.05 bits per heavy atom. The van der Waals surface area contributed by atoms with E-state index in [1.807, 2.05) is 30.3 Å². The summed E-state index contributed by atoms with van der Waals surface area (Å²) in [4.78, 5) is 16.5. The van der Waals surface area contributed by atoms with Crippen LogP contribution in [-0.2, 0) is 5.41 Å². The highest BCUT2D eigenvalue weighted by atomic mass is 16.1. The van der Waals surface area contributed by atoms with Crippen LogP contribution in [0.5, 0.6) is 0 Å². The molecule has 1 aromatic heterocycles. The number of Topliss-reactive ketones (excluding diaryl/α,β-unsaturated/α-hetero) is 1. The number of carbonyl (C=O) groups excluding carboxylic acids is 1. The van der Waals surface area contributed by atoms with Gasteiger partial charge in [0.15, 0.2) is 5.78 Å². The summed E-state index contributed by atoms with van der Waals surface area (Å²) in [5.41, 5.74) is 5.09. The van der Waals surface area contributed by atoms with Gasteiger partial charge in [-0.15, -0.1) is 0 Å². The van der Waals surface area contributed by atoms with Crippen molar-refractivity contribution in [2.45, 2.75) is 18.3 Å². The molecule has 2 aliphatic carbocycles. The molecule has 2 aromatic carbocycles. The minimum absolute atomic E-state index is 0.141. The third-order valence-corrected chi connectivity index (χ3v) is 5.30. The number of carbonyl (C=O) groups is 1. The maximum atomic E-state index is 13.0. The zero-order chi connectivity index (χ0) is 14.9. The van der Waals surface area contributed by atoms with Gasteiger partial charge in [0.1, 0.15) is 0 Å². The molecule has 3 aromatic rings. The highest BCUT2D eigenvalue weighted by Gasteiger charge is 2.50. The molecule has 0 aliphatic heterocycles. The Morgan fingerprint density at radius 2 is 1.82 bits per heavy atom. The van der Waals surface area contributed by atoms with Gasteiger partial charge in [0.25, 0.3) is 0 Å². The maximum absolute atomic E-state index is 13.0. The van der Waals surface area contributed by atoms with E-state index in [0.717, 1.165) is 22.3 Å². The highest BCUT2D eigenvalue weighted by Crippen LogP contribution is 2.53. The zero-order valence-corrected chi connectivity index (χ0v) is 12.3. The summed E-state index contributed by atoms with van der Waals surface area (Å²) >= 11 is 0. The van der Waals surface area contributed by atoms with Gasteiger partial charge >= 0.3 is 0 Å². The van der Waals surface area contributed by atoms with Crippen LogP contribution in [-0.4, -0.2) is 10.8 Å². The van der Waals surface area contributed by atoms with Crippen LogP contribution < -0.4 is 0 Å². The van der Waals surface area contributed by atoms with Crippen LogP contribution in [0.3, 0.4) is 0 Å². The van der Waals surface area contributed by atoms with E-state index in [1.54, 1.807) is 0 Å². The van der Waals surface area contributed by atoms with Gasteiger partial charge in [0.2, 0.25) is 0 Å². The molecular weight excluding hydrogens is 270 g/mol. The van der Waals surface area contributed by atoms with Crippen molar-refractivity contribution < 1.29 is 4.79 Å². The van der Waals surface area contributed by atoms with E-state index < -0.39 is 0 Å². The van der Waals surface area contributed by atoms with Gasteiger partial charge in [-0.25, -0.2) is 0 Å². The molecule has 0 saturated heterocycles. The van der Waals surface area contributed by atoms with Crippen molar-refractivity contribution in [3.05, 3.63) is 77.0 Å². The van der Waals surface area contributed by atoms with Crippen LogP contribution in [0.2, 0.25) is 0 Å². The lowest BCUT2D eigenvalue weighted by molar-refractivity contribution is 0.0953. The molecule has 0 saturated carbocycles. The van der Waals surface area contributed by atoms with Crippen LogP contribution in [0.15, 0.2) is 54.6 Å². The number of fused-ring (bicyclic) bond motifs is 7. The van der Waals surface area contributed by atoms with Gasteiger partial charge in [-0.2, -0.15) is 0 Å². The van der Waals surface area contributed by atoms with E-state index in [1.165, 1.54) is 10.9 Å². The number of hydrogen-bond donors (Lipinski definition) is 1. The predicted octanol–water partition coefficient (Wildman–Crippen LogP) is 4.43. The number of nitrogens with one attached hydrogen (secondary N) is 1. The van der Waals surface area contributed by atoms with Gasteiger partial charge in [-0.3, -0.25) is 4.79 Å². The van der Waals surface area contributed by atoms with E-state index in [-0.39, 0.29) is 17.1 Å². The zero-order valence-electron chi connectivity index (χ0n) is 12.3. The average molecular weight is 285 g/mol. The van der Waals surface area contributed by atoms with E-state index >= 15 is 0 Å². The minimum Gasteiger partial charge on any atom is -0.357 e. The van der Waals surface area contributed by atoms with E-state index in [2.05, 4.69) is 42.3 Å². The quantitative estimate of drug-likeness (QED) is 0.651. The Balaban J connectivity index is 1.85. The average Bonchev–Trinajstić information content (AvgIpc) is 3.02. The standard InChI is InChI=1S/C20H15NO/c1-20-11-10-13-12-6-3-5-9-16(12)21-18(13)17(20)19(22)14-7-2-4-8-15(14)20/h2-11,17,21H,1H3. The Morgan fingerprint density at radius 3 is 2.73 bits per heavy atom. The number of ketones is 1. The molecule has 0 spiro atoms. The molecule has 2 unspecified atom stereocenters. The molecule has 0 amide bonds. The Hall–Kier alpha value is -2.61. The molecule has 2 aliphatic rings. The normalized spacial score (nSPS) is 25.1. The fourth-order valence-corrected chi connectivity index (χ4v) is 4.22. The molecule has 0 bridgehead atoms. The molecule has 1 heterocycles. The summed E-state index contributed by atoms with van der Waals surface area (Å²) in [5, 5.41) is 1.19. The smallest absolute Gasteiger partial charge is 0.173 e. The number of aromatic nitrogens is 1. The summed E-state index contributed by atoms with van der Waals surface area (Å²) in [6, 6.07) is 16.3. The lowest BCUT2D eigenvalue weighted by atomic mass is 9.71. The molecule has 2 heteroatoms. The van der Waals surface area contributed by atoms with Gasteiger partial charge in [0.05, 0.1) is 5.92 Å². The van der Waals surface area contributed by atoms with Gasteiger partial charge in [-0.05, 0) is 11.6 Å². The summed E-state index contributed by atoms with van der Waals surface area (Å²) in [7, 11) is 0. The van der Waals surface area contributed by atoms with Crippen molar-refractivity contribution in [3.63, 3.8) is 0 Å². The molecule has 5 rings (SSSR count). The monoisotopic (exact) mass is 285 g/mol. The molecule has 22 heavy (non-hydrogen) atoms. The number of aromatic amines is 1. The maximum Gasteiger partial charge on any atom is 0.173 e. The van der Waals surface area contributed by atoms with E-state index in [4.69, 9.17) is 0 Å². The fraction of sp³-hybridized carbons (Fsp3) is 0.150. The van der Waals surface area contributed by atoms with Crippen molar-refractivity contribution in [1.82, 2.24) is 4.98 Å². The van der Waals surface area contributed by atoms with Gasteiger partial charge in [-0.1, -0.05) is 61.5 Å². The van der Waals surface area contributed by atoms with Crippen LogP contribution in [0, 0.1) is 0 Å². The number of rotatable bonds is 0. The molecule has 0 fully saturated rings. The Bertz CT molecular complexity index is 978. The van der Waals surface area contributed by atoms with Crippen molar-refractivity contribution in [2.75, 3.05) is 0 Å². The third-order valence-electron chi connectivity index (χ3n) is 5.30. The lowest BCUT2D eigenvalue weighted by Crippen LogP contribution is -2.29. The molecule has 106 valence electrons. The number of benzene rings is 2. The predicted molar refractivity (Wildman–Crippen MR) is 88.2 cm³/mol. The topological polar surface area (TPSA) is 32.9 Å². The summed E-state index contributed by atoms with van der Waals surface area (Å²) in [6.45, 7) is 2.17. The number of hydrogen-bond acceptors (Lipinski definition) is 1. The van der Waals surface area contributed by atoms with Crippen molar-refractivity contribution in [3.8, 4) is 0 Å². The number of H-pyrrole nitrogens is 1. The molecular formula is C20H15NO. The summed E-state index contributed by atoms with van der Waals surface area (Å²) < 4.78 is 0. The fourth-order valence-electron chi connectivity index (χ4n) is 4.22. The second-order valence-electron chi connectivity index (χ2n) is 6.46. The summed E-state index contributed by atoms with van der Waals surface area (Å²) in [5.74, 6) is 0.0903. The lowest BCUT2D eigenvalue weighted by Gasteiger charge is -2.31. The second kappa shape index (κ2) is 3.77. The first-order valence-electron chi connectivity index (χ1n) is 7.64. The SMILES string of the molecule is CC12C=Cc3c([nH]c4ccccc34)C1C(=O)c1ccccc12. The first-order valence-corrected chi connectivity index (χ1v) is 7.64. The molecule has 2 nitrogen and oxygen atoms in total. The van der Waals surface area contributed by atoms with Crippen LogP contribution >= 0.6 is 0 Å². The van der Waals surface area contributed by atoms with Crippen LogP contribution in [0.1, 0.15) is 40.0 Å². The van der Waals surface area contributed by atoms with E-state index in [9.17, 15) is 4.79 Å². The van der Waals surface area contributed by atoms with Gasteiger partial charge in [0, 0.05) is 33.1 Å². The van der Waals surface area contributed by atoms with Crippen molar-refractivity contribution in [2.24, 2.45) is 0 Å². The van der Waals surface area contributed by atoms with Crippen molar-refractivity contribution >= 4 is 22.8 Å². The van der Waals surface area contributed by atoms with Crippen molar-refractivity contribution in [1.29, 1.82) is 0 Å². The van der Waals surface area contributed by atoms with Gasteiger partial charge < -0.3 is 4.98 Å². The largest absolute Gasteiger partial charge is 0.357 e. The van der Waals surface area contributed by atoms with Crippen LogP contribution in [0.4, 0.5) is 0 Å². The molecule has 1 N–H and O–H groups in total. The first-order chi connectivity index (χ1) is 10.7. The third kappa shape index (κ3) is 1.24. The molecule has 0 radical (unpaired) electrons. The first kappa shape index (κ1) is 12.0. The highest BCUT2D eigenvalue weighted by molar-refractivity contribution is 6.10. The number of para-hydroxylation sites is 1. The second-order valence-corrected chi connectivity index (χ2v) is 6.46. The Kier molecular flexibility index (Phi) is 2.06. The number of allylic oxidation sites excluding steroid dienone is 1.